The second kappa shape index (κ2) is 6.25. The first-order valence-corrected chi connectivity index (χ1v) is 7.12. The molecular weight excluding hydrogens is 348 g/mol. The number of benzene rings is 2. The van der Waals surface area contributed by atoms with Crippen molar-refractivity contribution in [1.82, 2.24) is 0 Å². The van der Waals surface area contributed by atoms with E-state index in [0.717, 1.165) is 24.3 Å². The van der Waals surface area contributed by atoms with Gasteiger partial charge in [0, 0.05) is 25.3 Å². The molecule has 0 saturated carbocycles. The molecule has 0 fully saturated rings. The van der Waals surface area contributed by atoms with Crippen LogP contribution in [0, 0.1) is 0 Å². The van der Waals surface area contributed by atoms with Crippen LogP contribution in [-0.4, -0.2) is 25.4 Å². The van der Waals surface area contributed by atoms with E-state index >= 15 is 0 Å². The third-order valence-electron chi connectivity index (χ3n) is 3.81. The number of hydrogen-bond acceptors (Lipinski definition) is 2. The molecule has 1 unspecified atom stereocenters. The topological polar surface area (TPSA) is 23.5 Å². The molecule has 1 atom stereocenters. The maximum Gasteiger partial charge on any atom is 0.425 e. The fourth-order valence-corrected chi connectivity index (χ4v) is 2.53. The monoisotopic (exact) mass is 363 g/mol. The molecule has 136 valence electrons. The molecule has 0 aliphatic heterocycles. The van der Waals surface area contributed by atoms with E-state index in [1.165, 1.54) is 17.0 Å². The summed E-state index contributed by atoms with van der Waals surface area (Å²) in [5.74, 6) is 0. The van der Waals surface area contributed by atoms with Crippen molar-refractivity contribution in [1.29, 1.82) is 0 Å². The van der Waals surface area contributed by atoms with Crippen LogP contribution >= 0.6 is 0 Å². The van der Waals surface area contributed by atoms with Crippen molar-refractivity contribution in [2.24, 2.45) is 0 Å². The Kier molecular flexibility index (Phi) is 4.78. The molecule has 25 heavy (non-hydrogen) atoms. The Morgan fingerprint density at radius 2 is 1.36 bits per heavy atom. The van der Waals surface area contributed by atoms with Crippen LogP contribution in [0.25, 0.3) is 0 Å². The van der Waals surface area contributed by atoms with Crippen molar-refractivity contribution in [2.45, 2.75) is 18.0 Å². The van der Waals surface area contributed by atoms with Gasteiger partial charge in [0.05, 0.1) is 5.56 Å². The minimum atomic E-state index is -5.36. The Labute approximate surface area is 140 Å². The Hall–Kier alpha value is -2.22. The number of hydrogen-bond donors (Lipinski definition) is 1. The number of alkyl halides is 6. The summed E-state index contributed by atoms with van der Waals surface area (Å²) in [5.41, 5.74) is -6.98. The summed E-state index contributed by atoms with van der Waals surface area (Å²) >= 11 is 0. The number of halogens is 6. The van der Waals surface area contributed by atoms with Crippen LogP contribution in [-0.2, 0) is 11.8 Å². The molecule has 2 aromatic carbocycles. The summed E-state index contributed by atoms with van der Waals surface area (Å²) in [5, 5.41) is 10.5. The number of anilines is 1. The number of nitrogens with zero attached hydrogens (tertiary/aromatic N) is 1. The van der Waals surface area contributed by atoms with Gasteiger partial charge in [-0.3, -0.25) is 0 Å². The molecule has 0 aliphatic carbocycles. The lowest BCUT2D eigenvalue weighted by molar-refractivity contribution is -0.250. The summed E-state index contributed by atoms with van der Waals surface area (Å²) in [6.07, 6.45) is -10.4. The van der Waals surface area contributed by atoms with E-state index in [-0.39, 0.29) is 0 Å². The quantitative estimate of drug-likeness (QED) is 0.808. The van der Waals surface area contributed by atoms with Crippen LogP contribution < -0.4 is 4.90 Å². The highest BCUT2D eigenvalue weighted by Gasteiger charge is 2.58. The molecule has 2 rings (SSSR count). The minimum Gasteiger partial charge on any atom is -0.378 e. The first-order chi connectivity index (χ1) is 11.4. The average molecular weight is 363 g/mol. The van der Waals surface area contributed by atoms with Crippen LogP contribution in [0.15, 0.2) is 48.5 Å². The molecule has 1 N–H and O–H groups in total. The third-order valence-corrected chi connectivity index (χ3v) is 3.81. The molecule has 2 aromatic rings. The van der Waals surface area contributed by atoms with Gasteiger partial charge in [0.15, 0.2) is 0 Å². The third kappa shape index (κ3) is 3.44. The second-order valence-electron chi connectivity index (χ2n) is 5.70. The molecule has 0 spiro atoms. The highest BCUT2D eigenvalue weighted by Crippen LogP contribution is 2.48. The molecule has 0 heterocycles. The fourth-order valence-electron chi connectivity index (χ4n) is 2.53. The van der Waals surface area contributed by atoms with Gasteiger partial charge in [-0.1, -0.05) is 30.3 Å². The van der Waals surface area contributed by atoms with Gasteiger partial charge >= 0.3 is 12.4 Å². The van der Waals surface area contributed by atoms with Crippen molar-refractivity contribution < 1.29 is 31.4 Å². The molecule has 0 aromatic heterocycles. The molecule has 0 bridgehead atoms. The highest BCUT2D eigenvalue weighted by molar-refractivity contribution is 5.52. The zero-order chi connectivity index (χ0) is 19.0. The summed E-state index contributed by atoms with van der Waals surface area (Å²) in [6.45, 7) is 0. The maximum atomic E-state index is 13.7. The van der Waals surface area contributed by atoms with Crippen LogP contribution in [0.5, 0.6) is 0 Å². The van der Waals surface area contributed by atoms with E-state index in [4.69, 9.17) is 0 Å². The first kappa shape index (κ1) is 19.1. The summed E-state index contributed by atoms with van der Waals surface area (Å²) < 4.78 is 80.8. The highest BCUT2D eigenvalue weighted by atomic mass is 19.4. The van der Waals surface area contributed by atoms with Crippen molar-refractivity contribution in [3.63, 3.8) is 0 Å². The first-order valence-electron chi connectivity index (χ1n) is 7.12. The van der Waals surface area contributed by atoms with Gasteiger partial charge in [0.1, 0.15) is 0 Å². The van der Waals surface area contributed by atoms with E-state index in [2.05, 4.69) is 0 Å². The molecule has 8 heteroatoms. The maximum absolute atomic E-state index is 13.7. The van der Waals surface area contributed by atoms with Crippen molar-refractivity contribution in [3.05, 3.63) is 65.2 Å². The van der Waals surface area contributed by atoms with E-state index in [9.17, 15) is 31.4 Å². The Bertz CT molecular complexity index is 753. The van der Waals surface area contributed by atoms with E-state index in [1.807, 2.05) is 0 Å². The van der Waals surface area contributed by atoms with Crippen molar-refractivity contribution in [3.8, 4) is 0 Å². The zero-order valence-corrected chi connectivity index (χ0v) is 13.3. The van der Waals surface area contributed by atoms with Gasteiger partial charge < -0.3 is 10.0 Å². The average Bonchev–Trinajstić information content (AvgIpc) is 2.52. The Morgan fingerprint density at radius 1 is 0.800 bits per heavy atom. The molecule has 0 aliphatic rings. The van der Waals surface area contributed by atoms with E-state index < -0.39 is 34.6 Å². The smallest absolute Gasteiger partial charge is 0.378 e. The SMILES string of the molecule is CN(C)c1cccc(C(O)(c2ccccc2C(F)(F)F)C(F)(F)F)c1. The van der Waals surface area contributed by atoms with E-state index in [1.54, 1.807) is 14.1 Å². The van der Waals surface area contributed by atoms with Crippen LogP contribution in [0.1, 0.15) is 16.7 Å². The summed E-state index contributed by atoms with van der Waals surface area (Å²) in [4.78, 5) is 1.48. The number of aliphatic hydroxyl groups is 1. The lowest BCUT2D eigenvalue weighted by Gasteiger charge is -2.34. The van der Waals surface area contributed by atoms with Gasteiger partial charge in [-0.05, 0) is 23.8 Å². The largest absolute Gasteiger partial charge is 0.425 e. The Balaban J connectivity index is 2.81. The zero-order valence-electron chi connectivity index (χ0n) is 13.3. The summed E-state index contributed by atoms with van der Waals surface area (Å²) in [7, 11) is 3.13. The van der Waals surface area contributed by atoms with Crippen LogP contribution in [0.2, 0.25) is 0 Å². The molecule has 0 saturated heterocycles. The number of rotatable bonds is 3. The van der Waals surface area contributed by atoms with Crippen LogP contribution in [0.3, 0.4) is 0 Å². The molecule has 0 radical (unpaired) electrons. The lowest BCUT2D eigenvalue weighted by atomic mass is 9.82. The standard InChI is InChI=1S/C17H15F6NO/c1-24(2)12-7-5-6-11(10-12)15(25,17(21,22)23)13-8-3-4-9-14(13)16(18,19)20/h3-10,25H,1-2H3. The van der Waals surface area contributed by atoms with Crippen molar-refractivity contribution in [2.75, 3.05) is 19.0 Å². The molecule has 0 amide bonds. The summed E-state index contributed by atoms with van der Waals surface area (Å²) in [6, 6.07) is 7.85. The second-order valence-corrected chi connectivity index (χ2v) is 5.70. The lowest BCUT2D eigenvalue weighted by Crippen LogP contribution is -2.44. The Morgan fingerprint density at radius 3 is 1.84 bits per heavy atom. The predicted molar refractivity (Wildman–Crippen MR) is 81.3 cm³/mol. The van der Waals surface area contributed by atoms with Gasteiger partial charge in [-0.25, -0.2) is 0 Å². The van der Waals surface area contributed by atoms with Crippen molar-refractivity contribution >= 4 is 5.69 Å². The minimum absolute atomic E-state index is 0.310. The van der Waals surface area contributed by atoms with Crippen LogP contribution in [0.4, 0.5) is 32.0 Å². The van der Waals surface area contributed by atoms with E-state index in [0.29, 0.717) is 17.8 Å². The van der Waals surface area contributed by atoms with Gasteiger partial charge in [-0.2, -0.15) is 26.3 Å². The fraction of sp³-hybridized carbons (Fsp3) is 0.294. The van der Waals surface area contributed by atoms with Gasteiger partial charge in [0.2, 0.25) is 5.60 Å². The van der Waals surface area contributed by atoms with Gasteiger partial charge in [0.25, 0.3) is 0 Å². The normalized spacial score (nSPS) is 14.9. The van der Waals surface area contributed by atoms with Gasteiger partial charge in [-0.15, -0.1) is 0 Å². The molecule has 2 nitrogen and oxygen atoms in total. The predicted octanol–water partition coefficient (Wildman–Crippen LogP) is 4.57. The molecular formula is C17H15F6NO.